The van der Waals surface area contributed by atoms with E-state index in [4.69, 9.17) is 0 Å². The first-order chi connectivity index (χ1) is 11.8. The number of fused-ring (bicyclic) bond motifs is 5. The molecule has 2 aromatic rings. The predicted molar refractivity (Wildman–Crippen MR) is 97.2 cm³/mol. The number of hydrogen-bond donors (Lipinski definition) is 0. The Morgan fingerprint density at radius 1 is 0.917 bits per heavy atom. The minimum atomic E-state index is -1.07. The van der Waals surface area contributed by atoms with Crippen molar-refractivity contribution in [2.24, 2.45) is 11.8 Å². The number of anilines is 2. The number of rotatable bonds is 2. The lowest BCUT2D eigenvalue weighted by Crippen LogP contribution is -2.50. The molecule has 4 aliphatic heterocycles. The fourth-order valence-corrected chi connectivity index (χ4v) is 6.03. The van der Waals surface area contributed by atoms with Crippen molar-refractivity contribution in [3.05, 3.63) is 48.5 Å². The van der Waals surface area contributed by atoms with Crippen LogP contribution in [0.15, 0.2) is 58.3 Å². The van der Waals surface area contributed by atoms with Crippen LogP contribution in [0.4, 0.5) is 11.4 Å². The molecule has 124 valence electrons. The molecule has 0 amide bonds. The maximum atomic E-state index is 12.9. The van der Waals surface area contributed by atoms with Crippen LogP contribution < -0.4 is 4.90 Å². The number of piperidine rings is 3. The van der Waals surface area contributed by atoms with E-state index in [-0.39, 0.29) is 0 Å². The zero-order chi connectivity index (χ0) is 16.1. The fourth-order valence-electron chi connectivity index (χ4n) is 4.65. The molecule has 4 heterocycles. The van der Waals surface area contributed by atoms with Crippen LogP contribution >= 0.6 is 0 Å². The van der Waals surface area contributed by atoms with E-state index in [1.54, 1.807) is 0 Å². The molecular formula is C20H22N2OS. The van der Waals surface area contributed by atoms with Crippen LogP contribution in [0.25, 0.3) is 0 Å². The standard InChI is InChI=1S/C20H22N2OS/c23-24-19-7-3-1-5-17(19)22(18-6-2-4-8-20(18)24)14-16-13-21-11-9-15(16)10-12-21/h1-8,15-16H,9-14H2. The van der Waals surface area contributed by atoms with Crippen LogP contribution in [-0.4, -0.2) is 35.3 Å². The van der Waals surface area contributed by atoms with Crippen molar-refractivity contribution in [1.82, 2.24) is 4.90 Å². The van der Waals surface area contributed by atoms with E-state index in [1.807, 2.05) is 24.3 Å². The van der Waals surface area contributed by atoms with Gasteiger partial charge >= 0.3 is 0 Å². The summed E-state index contributed by atoms with van der Waals surface area (Å²) in [6.45, 7) is 4.80. The summed E-state index contributed by atoms with van der Waals surface area (Å²) in [5, 5.41) is 0. The molecule has 0 aromatic heterocycles. The van der Waals surface area contributed by atoms with Gasteiger partial charge in [0.1, 0.15) is 0 Å². The van der Waals surface area contributed by atoms with E-state index < -0.39 is 10.8 Å². The Bertz CT molecular complexity index is 748. The van der Waals surface area contributed by atoms with Gasteiger partial charge in [0.15, 0.2) is 0 Å². The zero-order valence-corrected chi connectivity index (χ0v) is 14.5. The predicted octanol–water partition coefficient (Wildman–Crippen LogP) is 3.65. The average Bonchev–Trinajstić information content (AvgIpc) is 2.66. The Morgan fingerprint density at radius 2 is 1.50 bits per heavy atom. The summed E-state index contributed by atoms with van der Waals surface area (Å²) in [5.41, 5.74) is 2.26. The Hall–Kier alpha value is -1.65. The van der Waals surface area contributed by atoms with Gasteiger partial charge in [-0.3, -0.25) is 0 Å². The first kappa shape index (κ1) is 14.7. The highest BCUT2D eigenvalue weighted by molar-refractivity contribution is 7.85. The molecule has 0 radical (unpaired) electrons. The average molecular weight is 338 g/mol. The van der Waals surface area contributed by atoms with Crippen LogP contribution in [-0.2, 0) is 10.8 Å². The van der Waals surface area contributed by atoms with Gasteiger partial charge in [0.2, 0.25) is 0 Å². The normalized spacial score (nSPS) is 28.5. The minimum absolute atomic E-state index is 0.708. The Kier molecular flexibility index (Phi) is 3.49. The lowest BCUT2D eigenvalue weighted by atomic mass is 9.78. The Labute approximate surface area is 145 Å². The first-order valence-electron chi connectivity index (χ1n) is 8.91. The van der Waals surface area contributed by atoms with Crippen molar-refractivity contribution in [3.63, 3.8) is 0 Å². The van der Waals surface area contributed by atoms with Crippen molar-refractivity contribution < 1.29 is 4.21 Å². The van der Waals surface area contributed by atoms with Gasteiger partial charge in [-0.15, -0.1) is 0 Å². The molecule has 1 atom stereocenters. The third-order valence-electron chi connectivity index (χ3n) is 5.92. The van der Waals surface area contributed by atoms with Crippen molar-refractivity contribution >= 4 is 22.2 Å². The monoisotopic (exact) mass is 338 g/mol. The van der Waals surface area contributed by atoms with E-state index in [0.717, 1.165) is 33.6 Å². The lowest BCUT2D eigenvalue weighted by Gasteiger charge is -2.47. The van der Waals surface area contributed by atoms with E-state index in [9.17, 15) is 4.21 Å². The summed E-state index contributed by atoms with van der Waals surface area (Å²) in [6, 6.07) is 16.4. The molecule has 3 saturated heterocycles. The number of para-hydroxylation sites is 2. The molecule has 6 rings (SSSR count). The van der Waals surface area contributed by atoms with Crippen LogP contribution in [0.2, 0.25) is 0 Å². The molecule has 2 aromatic carbocycles. The largest absolute Gasteiger partial charge is 0.339 e. The van der Waals surface area contributed by atoms with Crippen LogP contribution in [0.5, 0.6) is 0 Å². The van der Waals surface area contributed by atoms with Gasteiger partial charge in [-0.2, -0.15) is 0 Å². The van der Waals surface area contributed by atoms with Crippen LogP contribution in [0.1, 0.15) is 12.8 Å². The molecule has 2 bridgehead atoms. The van der Waals surface area contributed by atoms with E-state index in [1.165, 1.54) is 32.5 Å². The quantitative estimate of drug-likeness (QED) is 0.835. The number of benzene rings is 2. The third kappa shape index (κ3) is 2.24. The molecule has 0 spiro atoms. The maximum Gasteiger partial charge on any atom is 0.0892 e. The van der Waals surface area contributed by atoms with Gasteiger partial charge in [0.25, 0.3) is 0 Å². The van der Waals surface area contributed by atoms with Crippen molar-refractivity contribution in [2.75, 3.05) is 31.1 Å². The first-order valence-corrected chi connectivity index (χ1v) is 10.1. The van der Waals surface area contributed by atoms with Crippen LogP contribution in [0, 0.1) is 11.8 Å². The summed E-state index contributed by atoms with van der Waals surface area (Å²) < 4.78 is 12.9. The fraction of sp³-hybridized carbons (Fsp3) is 0.400. The van der Waals surface area contributed by atoms with E-state index >= 15 is 0 Å². The van der Waals surface area contributed by atoms with Crippen molar-refractivity contribution in [2.45, 2.75) is 22.6 Å². The maximum absolute atomic E-state index is 12.9. The van der Waals surface area contributed by atoms with Crippen molar-refractivity contribution in [3.8, 4) is 0 Å². The summed E-state index contributed by atoms with van der Waals surface area (Å²) in [7, 11) is -1.07. The topological polar surface area (TPSA) is 23.6 Å². The second kappa shape index (κ2) is 5.71. The van der Waals surface area contributed by atoms with Crippen molar-refractivity contribution in [1.29, 1.82) is 0 Å². The summed E-state index contributed by atoms with van der Waals surface area (Å²) in [5.74, 6) is 1.56. The summed E-state index contributed by atoms with van der Waals surface area (Å²) in [6.07, 6.45) is 2.68. The molecule has 1 unspecified atom stereocenters. The highest BCUT2D eigenvalue weighted by Gasteiger charge is 2.37. The number of hydrogen-bond acceptors (Lipinski definition) is 3. The van der Waals surface area contributed by atoms with Gasteiger partial charge in [0.05, 0.1) is 32.0 Å². The second-order valence-corrected chi connectivity index (χ2v) is 8.63. The van der Waals surface area contributed by atoms with Gasteiger partial charge < -0.3 is 9.80 Å². The highest BCUT2D eigenvalue weighted by Crippen LogP contribution is 2.43. The van der Waals surface area contributed by atoms with Gasteiger partial charge in [-0.1, -0.05) is 24.3 Å². The van der Waals surface area contributed by atoms with E-state index in [0.29, 0.717) is 5.92 Å². The van der Waals surface area contributed by atoms with E-state index in [2.05, 4.69) is 34.1 Å². The zero-order valence-electron chi connectivity index (χ0n) is 13.7. The van der Waals surface area contributed by atoms with Gasteiger partial charge in [-0.05, 0) is 62.0 Å². The lowest BCUT2D eigenvalue weighted by molar-refractivity contribution is 0.0553. The highest BCUT2D eigenvalue weighted by atomic mass is 32.2. The SMILES string of the molecule is O=S1c2ccccc2N(CC2CN3CCC2CC3)c2ccccc21. The molecule has 0 saturated carbocycles. The molecule has 24 heavy (non-hydrogen) atoms. The summed E-state index contributed by atoms with van der Waals surface area (Å²) >= 11 is 0. The molecular weight excluding hydrogens is 316 g/mol. The second-order valence-electron chi connectivity index (χ2n) is 7.21. The smallest absolute Gasteiger partial charge is 0.0892 e. The van der Waals surface area contributed by atoms with Gasteiger partial charge in [0, 0.05) is 13.1 Å². The van der Waals surface area contributed by atoms with Crippen LogP contribution in [0.3, 0.4) is 0 Å². The Balaban J connectivity index is 1.56. The molecule has 0 N–H and O–H groups in total. The number of nitrogens with zero attached hydrogens (tertiary/aromatic N) is 2. The Morgan fingerprint density at radius 3 is 2.04 bits per heavy atom. The molecule has 4 aliphatic rings. The summed E-state index contributed by atoms with van der Waals surface area (Å²) in [4.78, 5) is 6.96. The molecule has 4 heteroatoms. The minimum Gasteiger partial charge on any atom is -0.339 e. The molecule has 3 nitrogen and oxygen atoms in total. The van der Waals surface area contributed by atoms with Gasteiger partial charge in [-0.25, -0.2) is 4.21 Å². The molecule has 3 fully saturated rings. The third-order valence-corrected chi connectivity index (χ3v) is 7.41. The molecule has 0 aliphatic carbocycles.